The number of carboxylic acids is 1. The Morgan fingerprint density at radius 1 is 1.25 bits per heavy atom. The first-order valence-corrected chi connectivity index (χ1v) is 7.06. The van der Waals surface area contributed by atoms with E-state index in [0.29, 0.717) is 18.0 Å². The fourth-order valence-corrected chi connectivity index (χ4v) is 2.67. The number of nitrogens with one attached hydrogen (secondary N) is 1. The molecule has 20 heavy (non-hydrogen) atoms. The first-order valence-electron chi connectivity index (χ1n) is 6.18. The number of hydrogen-bond acceptors (Lipinski definition) is 4. The van der Waals surface area contributed by atoms with Gasteiger partial charge in [0.1, 0.15) is 5.41 Å². The topological polar surface area (TPSA) is 79.3 Å². The minimum Gasteiger partial charge on any atom is -0.480 e. The molecule has 0 atom stereocenters. The summed E-state index contributed by atoms with van der Waals surface area (Å²) in [6.07, 6.45) is 0.788. The number of anilines is 1. The van der Waals surface area contributed by atoms with E-state index < -0.39 is 17.3 Å². The maximum Gasteiger partial charge on any atom is 0.319 e. The van der Waals surface area contributed by atoms with Gasteiger partial charge >= 0.3 is 5.97 Å². The summed E-state index contributed by atoms with van der Waals surface area (Å²) in [5.74, 6) is -1.53. The van der Waals surface area contributed by atoms with Crippen molar-refractivity contribution in [2.75, 3.05) is 5.32 Å². The van der Waals surface area contributed by atoms with Crippen molar-refractivity contribution in [1.29, 1.82) is 0 Å². The zero-order valence-electron chi connectivity index (χ0n) is 10.5. The van der Waals surface area contributed by atoms with E-state index >= 15 is 0 Å². The van der Waals surface area contributed by atoms with Crippen molar-refractivity contribution in [2.24, 2.45) is 5.41 Å². The van der Waals surface area contributed by atoms with Crippen LogP contribution in [0.4, 0.5) is 5.13 Å². The summed E-state index contributed by atoms with van der Waals surface area (Å²) in [4.78, 5) is 27.3. The number of thiazole rings is 1. The lowest BCUT2D eigenvalue weighted by molar-refractivity contribution is -0.147. The number of nitrogens with zero attached hydrogens (tertiary/aromatic N) is 1. The minimum absolute atomic E-state index is 0.394. The number of aliphatic carboxylic acids is 1. The second-order valence-corrected chi connectivity index (χ2v) is 5.60. The Morgan fingerprint density at radius 3 is 2.55 bits per heavy atom. The van der Waals surface area contributed by atoms with Gasteiger partial charge in [0, 0.05) is 10.9 Å². The van der Waals surface area contributed by atoms with E-state index in [4.69, 9.17) is 5.11 Å². The van der Waals surface area contributed by atoms with Crippen LogP contribution in [0.25, 0.3) is 11.3 Å². The van der Waals surface area contributed by atoms with Gasteiger partial charge in [0.2, 0.25) is 5.91 Å². The van der Waals surface area contributed by atoms with Gasteiger partial charge in [-0.2, -0.15) is 0 Å². The summed E-state index contributed by atoms with van der Waals surface area (Å²) in [6.45, 7) is 0. The van der Waals surface area contributed by atoms with Crippen LogP contribution >= 0.6 is 11.3 Å². The fourth-order valence-electron chi connectivity index (χ4n) is 1.95. The van der Waals surface area contributed by atoms with Crippen LogP contribution in [-0.2, 0) is 9.59 Å². The Hall–Kier alpha value is -2.21. The molecular weight excluding hydrogens is 276 g/mol. The molecule has 0 saturated heterocycles. The molecule has 1 amide bonds. The van der Waals surface area contributed by atoms with Crippen molar-refractivity contribution in [2.45, 2.75) is 12.8 Å². The second-order valence-electron chi connectivity index (χ2n) is 4.75. The first-order chi connectivity index (χ1) is 9.62. The highest BCUT2D eigenvalue weighted by atomic mass is 32.1. The van der Waals surface area contributed by atoms with Crippen LogP contribution in [0.2, 0.25) is 0 Å². The van der Waals surface area contributed by atoms with Crippen LogP contribution in [-0.4, -0.2) is 22.0 Å². The molecule has 0 aliphatic heterocycles. The minimum atomic E-state index is -1.24. The number of amides is 1. The van der Waals surface area contributed by atoms with Crippen LogP contribution < -0.4 is 5.32 Å². The lowest BCUT2D eigenvalue weighted by Crippen LogP contribution is -2.31. The van der Waals surface area contributed by atoms with Crippen LogP contribution in [0.1, 0.15) is 12.8 Å². The summed E-state index contributed by atoms with van der Waals surface area (Å²) in [7, 11) is 0. The Kier molecular flexibility index (Phi) is 3.02. The highest BCUT2D eigenvalue weighted by Gasteiger charge is 2.57. The molecule has 1 heterocycles. The van der Waals surface area contributed by atoms with Crippen molar-refractivity contribution >= 4 is 28.3 Å². The molecule has 0 spiro atoms. The summed E-state index contributed by atoms with van der Waals surface area (Å²) in [6, 6.07) is 9.61. The van der Waals surface area contributed by atoms with Gasteiger partial charge in [0.15, 0.2) is 5.13 Å². The number of carboxylic acid groups (broad SMARTS) is 1. The molecule has 0 unspecified atom stereocenters. The number of carbonyl (C=O) groups is 2. The van der Waals surface area contributed by atoms with Gasteiger partial charge in [-0.1, -0.05) is 30.3 Å². The molecule has 2 aromatic rings. The summed E-state index contributed by atoms with van der Waals surface area (Å²) in [5.41, 5.74) is 0.494. The number of carbonyl (C=O) groups excluding carboxylic acids is 1. The third-order valence-electron chi connectivity index (χ3n) is 3.39. The normalized spacial score (nSPS) is 15.6. The smallest absolute Gasteiger partial charge is 0.319 e. The highest BCUT2D eigenvalue weighted by molar-refractivity contribution is 7.14. The monoisotopic (exact) mass is 288 g/mol. The third kappa shape index (κ3) is 2.18. The van der Waals surface area contributed by atoms with Crippen molar-refractivity contribution in [1.82, 2.24) is 4.98 Å². The van der Waals surface area contributed by atoms with Gasteiger partial charge in [0.05, 0.1) is 5.69 Å². The standard InChI is InChI=1S/C14H12N2O3S/c17-11(14(6-7-14)12(18)19)16-13-15-10(8-20-13)9-4-2-1-3-5-9/h1-5,8H,6-7H2,(H,18,19)(H,15,16,17). The molecule has 0 radical (unpaired) electrons. The molecule has 0 bridgehead atoms. The highest BCUT2D eigenvalue weighted by Crippen LogP contribution is 2.46. The van der Waals surface area contributed by atoms with Gasteiger partial charge in [0.25, 0.3) is 0 Å². The fraction of sp³-hybridized carbons (Fsp3) is 0.214. The second kappa shape index (κ2) is 4.72. The van der Waals surface area contributed by atoms with Gasteiger partial charge in [-0.25, -0.2) is 4.98 Å². The summed E-state index contributed by atoms with van der Waals surface area (Å²) in [5, 5.41) is 13.9. The summed E-state index contributed by atoms with van der Waals surface area (Å²) >= 11 is 1.29. The lowest BCUT2D eigenvalue weighted by atomic mass is 10.1. The molecule has 1 aromatic heterocycles. The zero-order chi connectivity index (χ0) is 14.2. The predicted octanol–water partition coefficient (Wildman–Crippen LogP) is 2.61. The quantitative estimate of drug-likeness (QED) is 0.848. The molecule has 102 valence electrons. The number of hydrogen-bond donors (Lipinski definition) is 2. The van der Waals surface area contributed by atoms with Crippen molar-refractivity contribution in [3.8, 4) is 11.3 Å². The van der Waals surface area contributed by atoms with Crippen molar-refractivity contribution in [3.05, 3.63) is 35.7 Å². The average molecular weight is 288 g/mol. The van der Waals surface area contributed by atoms with Crippen LogP contribution in [0.15, 0.2) is 35.7 Å². The van der Waals surface area contributed by atoms with Crippen molar-refractivity contribution in [3.63, 3.8) is 0 Å². The van der Waals surface area contributed by atoms with E-state index in [1.54, 1.807) is 0 Å². The maximum atomic E-state index is 12.0. The van der Waals surface area contributed by atoms with Crippen LogP contribution in [0.3, 0.4) is 0 Å². The zero-order valence-corrected chi connectivity index (χ0v) is 11.3. The molecule has 3 rings (SSSR count). The van der Waals surface area contributed by atoms with E-state index in [9.17, 15) is 9.59 Å². The summed E-state index contributed by atoms with van der Waals surface area (Å²) < 4.78 is 0. The van der Waals surface area contributed by atoms with Crippen molar-refractivity contribution < 1.29 is 14.7 Å². The molecule has 5 nitrogen and oxygen atoms in total. The SMILES string of the molecule is O=C(O)C1(C(=O)Nc2nc(-c3ccccc3)cs2)CC1. The van der Waals surface area contributed by atoms with E-state index in [1.165, 1.54) is 11.3 Å². The van der Waals surface area contributed by atoms with Gasteiger partial charge in [-0.3, -0.25) is 9.59 Å². The van der Waals surface area contributed by atoms with E-state index in [-0.39, 0.29) is 0 Å². The van der Waals surface area contributed by atoms with E-state index in [1.807, 2.05) is 35.7 Å². The number of rotatable bonds is 4. The Morgan fingerprint density at radius 2 is 1.95 bits per heavy atom. The Balaban J connectivity index is 1.75. The number of benzene rings is 1. The maximum absolute atomic E-state index is 12.0. The molecule has 1 aliphatic rings. The molecule has 1 aromatic carbocycles. The molecule has 1 aliphatic carbocycles. The lowest BCUT2D eigenvalue weighted by Gasteiger charge is -2.07. The van der Waals surface area contributed by atoms with Crippen LogP contribution in [0.5, 0.6) is 0 Å². The third-order valence-corrected chi connectivity index (χ3v) is 4.15. The molecular formula is C14H12N2O3S. The Bertz CT molecular complexity index is 662. The largest absolute Gasteiger partial charge is 0.480 e. The average Bonchev–Trinajstić information content (AvgIpc) is 3.15. The molecule has 1 fully saturated rings. The van der Waals surface area contributed by atoms with E-state index in [2.05, 4.69) is 10.3 Å². The van der Waals surface area contributed by atoms with Gasteiger partial charge in [-0.15, -0.1) is 11.3 Å². The number of aromatic nitrogens is 1. The van der Waals surface area contributed by atoms with E-state index in [0.717, 1.165) is 11.3 Å². The molecule has 6 heteroatoms. The Labute approximate surface area is 119 Å². The van der Waals surface area contributed by atoms with Crippen LogP contribution in [0, 0.1) is 5.41 Å². The predicted molar refractivity (Wildman–Crippen MR) is 75.5 cm³/mol. The van der Waals surface area contributed by atoms with Gasteiger partial charge in [-0.05, 0) is 12.8 Å². The molecule has 1 saturated carbocycles. The molecule has 2 N–H and O–H groups in total. The first kappa shape index (κ1) is 12.8. The van der Waals surface area contributed by atoms with Gasteiger partial charge < -0.3 is 10.4 Å².